The average molecular weight is 300 g/mol. The zero-order valence-corrected chi connectivity index (χ0v) is 11.2. The van der Waals surface area contributed by atoms with Crippen molar-refractivity contribution in [3.8, 4) is 11.5 Å². The summed E-state index contributed by atoms with van der Waals surface area (Å²) in [6, 6.07) is 3.46. The fraction of sp³-hybridized carbons (Fsp3) is 0.250. The maximum absolute atomic E-state index is 10.7. The van der Waals surface area contributed by atoms with Crippen LogP contribution < -0.4 is 10.1 Å². The predicted octanol–water partition coefficient (Wildman–Crippen LogP) is 2.31. The Morgan fingerprint density at radius 2 is 2.29 bits per heavy atom. The fourth-order valence-electron chi connectivity index (χ4n) is 1.27. The molecule has 0 radical (unpaired) electrons. The number of hydrogen-bond acceptors (Lipinski definition) is 3. The van der Waals surface area contributed by atoms with E-state index in [-0.39, 0.29) is 11.7 Å². The molecule has 0 bridgehead atoms. The molecule has 1 aromatic carbocycles. The van der Waals surface area contributed by atoms with Crippen molar-refractivity contribution in [1.82, 2.24) is 5.32 Å². The maximum atomic E-state index is 10.7. The van der Waals surface area contributed by atoms with Crippen LogP contribution >= 0.6 is 15.9 Å². The number of nitrogens with one attached hydrogen (secondary N) is 1. The number of aromatic hydroxyl groups is 1. The Morgan fingerprint density at radius 3 is 2.88 bits per heavy atom. The molecule has 0 aliphatic heterocycles. The second kappa shape index (κ2) is 6.30. The first kappa shape index (κ1) is 13.6. The first-order valence-corrected chi connectivity index (χ1v) is 5.82. The summed E-state index contributed by atoms with van der Waals surface area (Å²) in [5, 5.41) is 12.5. The normalized spacial score (nSPS) is 10.5. The molecule has 0 fully saturated rings. The van der Waals surface area contributed by atoms with E-state index in [1.165, 1.54) is 14.0 Å². The number of carbonyl (C=O) groups is 1. The van der Waals surface area contributed by atoms with Crippen molar-refractivity contribution in [3.05, 3.63) is 28.2 Å². The fourth-order valence-corrected chi connectivity index (χ4v) is 1.72. The predicted molar refractivity (Wildman–Crippen MR) is 70.1 cm³/mol. The van der Waals surface area contributed by atoms with E-state index in [1.54, 1.807) is 24.3 Å². The lowest BCUT2D eigenvalue weighted by Crippen LogP contribution is -2.19. The number of methoxy groups -OCH3 is 1. The Morgan fingerprint density at radius 1 is 1.59 bits per heavy atom. The molecule has 4 nitrogen and oxygen atoms in total. The van der Waals surface area contributed by atoms with Gasteiger partial charge in [0.15, 0.2) is 11.5 Å². The molecule has 0 aliphatic carbocycles. The number of hydrogen-bond donors (Lipinski definition) is 2. The average Bonchev–Trinajstić information content (AvgIpc) is 2.27. The van der Waals surface area contributed by atoms with Gasteiger partial charge in [0, 0.05) is 23.5 Å². The summed E-state index contributed by atoms with van der Waals surface area (Å²) >= 11 is 3.34. The molecule has 1 amide bonds. The summed E-state index contributed by atoms with van der Waals surface area (Å²) < 4.78 is 5.77. The van der Waals surface area contributed by atoms with E-state index in [0.29, 0.717) is 17.9 Å². The van der Waals surface area contributed by atoms with Crippen LogP contribution in [0, 0.1) is 0 Å². The van der Waals surface area contributed by atoms with E-state index >= 15 is 0 Å². The number of phenols is 1. The van der Waals surface area contributed by atoms with Gasteiger partial charge in [-0.3, -0.25) is 4.79 Å². The first-order chi connectivity index (χ1) is 8.06. The highest BCUT2D eigenvalue weighted by molar-refractivity contribution is 9.10. The second-order valence-corrected chi connectivity index (χ2v) is 4.21. The van der Waals surface area contributed by atoms with Crippen molar-refractivity contribution in [1.29, 1.82) is 0 Å². The van der Waals surface area contributed by atoms with Crippen LogP contribution in [-0.4, -0.2) is 24.7 Å². The molecule has 17 heavy (non-hydrogen) atoms. The van der Waals surface area contributed by atoms with Gasteiger partial charge in [0.05, 0.1) is 7.11 Å². The summed E-state index contributed by atoms with van der Waals surface area (Å²) in [5.41, 5.74) is 0.620. The number of ether oxygens (including phenoxy) is 1. The molecular weight excluding hydrogens is 286 g/mol. The molecule has 0 heterocycles. The van der Waals surface area contributed by atoms with Crippen molar-refractivity contribution < 1.29 is 14.6 Å². The van der Waals surface area contributed by atoms with Crippen LogP contribution in [0.15, 0.2) is 22.7 Å². The minimum atomic E-state index is -0.0939. The first-order valence-electron chi connectivity index (χ1n) is 5.02. The van der Waals surface area contributed by atoms with E-state index in [9.17, 15) is 9.90 Å². The summed E-state index contributed by atoms with van der Waals surface area (Å²) in [4.78, 5) is 10.7. The molecule has 92 valence electrons. The van der Waals surface area contributed by atoms with E-state index in [1.807, 2.05) is 0 Å². The maximum Gasteiger partial charge on any atom is 0.217 e. The van der Waals surface area contributed by atoms with Gasteiger partial charge in [0.2, 0.25) is 5.91 Å². The van der Waals surface area contributed by atoms with Gasteiger partial charge in [-0.25, -0.2) is 0 Å². The lowest BCUT2D eigenvalue weighted by atomic mass is 10.1. The van der Waals surface area contributed by atoms with Crippen LogP contribution in [0.25, 0.3) is 6.08 Å². The van der Waals surface area contributed by atoms with E-state index in [0.717, 1.165) is 4.47 Å². The van der Waals surface area contributed by atoms with Crippen LogP contribution in [0.5, 0.6) is 11.5 Å². The van der Waals surface area contributed by atoms with Gasteiger partial charge in [-0.05, 0) is 12.1 Å². The largest absolute Gasteiger partial charge is 0.504 e. The molecule has 0 aliphatic rings. The van der Waals surface area contributed by atoms with Crippen LogP contribution in [0.3, 0.4) is 0 Å². The smallest absolute Gasteiger partial charge is 0.217 e. The van der Waals surface area contributed by atoms with Gasteiger partial charge in [0.1, 0.15) is 0 Å². The van der Waals surface area contributed by atoms with E-state index in [2.05, 4.69) is 21.2 Å². The summed E-state index contributed by atoms with van der Waals surface area (Å²) in [6.07, 6.45) is 3.47. The molecule has 0 atom stereocenters. The van der Waals surface area contributed by atoms with E-state index in [4.69, 9.17) is 4.74 Å². The Kier molecular flexibility index (Phi) is 5.03. The topological polar surface area (TPSA) is 58.6 Å². The summed E-state index contributed by atoms with van der Waals surface area (Å²) in [6.45, 7) is 1.87. The minimum absolute atomic E-state index is 0.0703. The highest BCUT2D eigenvalue weighted by atomic mass is 79.9. The van der Waals surface area contributed by atoms with Crippen LogP contribution in [-0.2, 0) is 4.79 Å². The molecular formula is C12H14BrNO3. The van der Waals surface area contributed by atoms with Crippen molar-refractivity contribution in [2.75, 3.05) is 13.7 Å². The van der Waals surface area contributed by atoms with Gasteiger partial charge in [0.25, 0.3) is 0 Å². The quantitative estimate of drug-likeness (QED) is 0.897. The van der Waals surface area contributed by atoms with Gasteiger partial charge < -0.3 is 15.2 Å². The lowest BCUT2D eigenvalue weighted by Gasteiger charge is -2.07. The molecule has 2 N–H and O–H groups in total. The van der Waals surface area contributed by atoms with Gasteiger partial charge in [-0.15, -0.1) is 0 Å². The summed E-state index contributed by atoms with van der Waals surface area (Å²) in [7, 11) is 1.49. The number of phenolic OH excluding ortho intramolecular Hbond substituents is 1. The summed E-state index contributed by atoms with van der Waals surface area (Å²) in [5.74, 6) is 0.386. The Bertz CT molecular complexity index is 444. The van der Waals surface area contributed by atoms with Crippen LogP contribution in [0.2, 0.25) is 0 Å². The number of halogens is 1. The van der Waals surface area contributed by atoms with Crippen LogP contribution in [0.1, 0.15) is 12.5 Å². The second-order valence-electron chi connectivity index (χ2n) is 3.35. The van der Waals surface area contributed by atoms with Gasteiger partial charge in [-0.2, -0.15) is 0 Å². The van der Waals surface area contributed by atoms with Gasteiger partial charge in [-0.1, -0.05) is 28.1 Å². The van der Waals surface area contributed by atoms with Crippen molar-refractivity contribution in [2.24, 2.45) is 0 Å². The van der Waals surface area contributed by atoms with Crippen molar-refractivity contribution in [2.45, 2.75) is 6.92 Å². The number of rotatable bonds is 4. The van der Waals surface area contributed by atoms with Crippen molar-refractivity contribution in [3.63, 3.8) is 0 Å². The van der Waals surface area contributed by atoms with Crippen LogP contribution in [0.4, 0.5) is 0 Å². The van der Waals surface area contributed by atoms with E-state index < -0.39 is 0 Å². The molecule has 1 rings (SSSR count). The number of carbonyl (C=O) groups excluding carboxylic acids is 1. The molecule has 0 aromatic heterocycles. The standard InChI is InChI=1S/C12H14BrNO3/c1-8(15)14-7-3-4-9-10(13)5-6-11(17-2)12(9)16/h3-6,16H,7H2,1-2H3,(H,14,15). The van der Waals surface area contributed by atoms with Crippen molar-refractivity contribution >= 4 is 27.9 Å². The third-order valence-electron chi connectivity index (χ3n) is 2.10. The molecule has 1 aromatic rings. The molecule has 0 unspecified atom stereocenters. The third-order valence-corrected chi connectivity index (χ3v) is 2.79. The number of amides is 1. The third kappa shape index (κ3) is 3.78. The highest BCUT2D eigenvalue weighted by Gasteiger charge is 2.08. The molecule has 0 spiro atoms. The lowest BCUT2D eigenvalue weighted by molar-refractivity contribution is -0.118. The molecule has 5 heteroatoms. The number of benzene rings is 1. The monoisotopic (exact) mass is 299 g/mol. The zero-order valence-electron chi connectivity index (χ0n) is 9.66. The highest BCUT2D eigenvalue weighted by Crippen LogP contribution is 2.35. The molecule has 0 saturated carbocycles. The van der Waals surface area contributed by atoms with Gasteiger partial charge >= 0.3 is 0 Å². The molecule has 0 saturated heterocycles. The SMILES string of the molecule is COc1ccc(Br)c(C=CCNC(C)=O)c1O. The zero-order chi connectivity index (χ0) is 12.8. The minimum Gasteiger partial charge on any atom is -0.504 e. The Labute approximate surface area is 108 Å². The Balaban J connectivity index is 2.86. The Hall–Kier alpha value is -1.49.